The van der Waals surface area contributed by atoms with E-state index in [-0.39, 0.29) is 0 Å². The molecule has 2 heteroatoms. The van der Waals surface area contributed by atoms with Crippen molar-refractivity contribution in [1.82, 2.24) is 0 Å². The van der Waals surface area contributed by atoms with Crippen molar-refractivity contribution >= 4 is 11.8 Å². The van der Waals surface area contributed by atoms with Gasteiger partial charge in [0, 0.05) is 16.7 Å². The van der Waals surface area contributed by atoms with Crippen LogP contribution in [-0.4, -0.2) is 11.8 Å². The molecule has 0 saturated heterocycles. The highest BCUT2D eigenvalue weighted by Gasteiger charge is 2.05. The molecule has 0 spiro atoms. The van der Waals surface area contributed by atoms with Crippen molar-refractivity contribution in [2.24, 2.45) is 11.7 Å². The zero-order valence-electron chi connectivity index (χ0n) is 9.86. The number of hydrogen-bond donors (Lipinski definition) is 1. The third-order valence-electron chi connectivity index (χ3n) is 2.23. The fourth-order valence-electron chi connectivity index (χ4n) is 1.58. The molecule has 0 saturated carbocycles. The topological polar surface area (TPSA) is 26.0 Å². The monoisotopic (exact) mass is 223 g/mol. The molecule has 0 aliphatic rings. The molecule has 0 amide bonds. The van der Waals surface area contributed by atoms with Gasteiger partial charge in [-0.15, -0.1) is 11.8 Å². The minimum atomic E-state index is 0.315. The van der Waals surface area contributed by atoms with Gasteiger partial charge in [-0.05, 0) is 31.4 Å². The summed E-state index contributed by atoms with van der Waals surface area (Å²) in [7, 11) is 0. The summed E-state index contributed by atoms with van der Waals surface area (Å²) in [6, 6.07) is 8.91. The Balaban J connectivity index is 2.36. The number of thioether (sulfide) groups is 1. The van der Waals surface area contributed by atoms with Crippen molar-refractivity contribution in [2.45, 2.75) is 38.1 Å². The average molecular weight is 223 g/mol. The average Bonchev–Trinajstić information content (AvgIpc) is 2.14. The van der Waals surface area contributed by atoms with Crippen LogP contribution in [0.25, 0.3) is 0 Å². The van der Waals surface area contributed by atoms with Gasteiger partial charge in [0.2, 0.25) is 0 Å². The normalized spacial score (nSPS) is 13.1. The van der Waals surface area contributed by atoms with Crippen LogP contribution in [0.1, 0.15) is 25.8 Å². The molecule has 0 aliphatic heterocycles. The van der Waals surface area contributed by atoms with E-state index in [4.69, 9.17) is 5.73 Å². The summed E-state index contributed by atoms with van der Waals surface area (Å²) in [6.07, 6.45) is 1.11. The van der Waals surface area contributed by atoms with E-state index in [1.54, 1.807) is 0 Å². The van der Waals surface area contributed by atoms with Crippen LogP contribution in [0.5, 0.6) is 0 Å². The molecule has 0 bridgehead atoms. The summed E-state index contributed by atoms with van der Waals surface area (Å²) in [5.41, 5.74) is 7.36. The highest BCUT2D eigenvalue weighted by molar-refractivity contribution is 7.99. The van der Waals surface area contributed by atoms with Gasteiger partial charge in [-0.3, -0.25) is 0 Å². The third-order valence-corrected chi connectivity index (χ3v) is 3.41. The fourth-order valence-corrected chi connectivity index (χ4v) is 2.57. The van der Waals surface area contributed by atoms with Gasteiger partial charge in [-0.25, -0.2) is 0 Å². The SMILES string of the molecule is Cc1cccc(SCC(N)CC(C)C)c1. The lowest BCUT2D eigenvalue weighted by Crippen LogP contribution is -2.24. The van der Waals surface area contributed by atoms with Gasteiger partial charge >= 0.3 is 0 Å². The lowest BCUT2D eigenvalue weighted by atomic mass is 10.1. The number of aryl methyl sites for hydroxylation is 1. The minimum absolute atomic E-state index is 0.315. The molecule has 1 aromatic carbocycles. The lowest BCUT2D eigenvalue weighted by molar-refractivity contribution is 0.524. The fraction of sp³-hybridized carbons (Fsp3) is 0.538. The number of benzene rings is 1. The van der Waals surface area contributed by atoms with Crippen molar-refractivity contribution in [3.05, 3.63) is 29.8 Å². The van der Waals surface area contributed by atoms with E-state index < -0.39 is 0 Å². The molecule has 1 nitrogen and oxygen atoms in total. The second kappa shape index (κ2) is 6.19. The first-order valence-corrected chi connectivity index (χ1v) is 6.51. The van der Waals surface area contributed by atoms with Crippen molar-refractivity contribution in [3.63, 3.8) is 0 Å². The molecule has 0 heterocycles. The quantitative estimate of drug-likeness (QED) is 0.774. The van der Waals surface area contributed by atoms with Gasteiger partial charge in [-0.2, -0.15) is 0 Å². The molecule has 15 heavy (non-hydrogen) atoms. The van der Waals surface area contributed by atoms with E-state index in [9.17, 15) is 0 Å². The van der Waals surface area contributed by atoms with Crippen LogP contribution >= 0.6 is 11.8 Å². The Morgan fingerprint density at radius 1 is 1.33 bits per heavy atom. The first-order valence-electron chi connectivity index (χ1n) is 5.53. The van der Waals surface area contributed by atoms with Gasteiger partial charge < -0.3 is 5.73 Å². The van der Waals surface area contributed by atoms with Gasteiger partial charge in [-0.1, -0.05) is 31.5 Å². The van der Waals surface area contributed by atoms with Crippen LogP contribution in [0.15, 0.2) is 29.2 Å². The summed E-state index contributed by atoms with van der Waals surface area (Å²) >= 11 is 1.86. The Morgan fingerprint density at radius 2 is 2.07 bits per heavy atom. The van der Waals surface area contributed by atoms with E-state index in [0.717, 1.165) is 12.2 Å². The summed E-state index contributed by atoms with van der Waals surface area (Å²) in [6.45, 7) is 6.56. The second-order valence-electron chi connectivity index (χ2n) is 4.52. The molecule has 1 aromatic rings. The van der Waals surface area contributed by atoms with Crippen LogP contribution in [0, 0.1) is 12.8 Å². The Hall–Kier alpha value is -0.470. The van der Waals surface area contributed by atoms with Gasteiger partial charge in [0.1, 0.15) is 0 Å². The highest BCUT2D eigenvalue weighted by atomic mass is 32.2. The van der Waals surface area contributed by atoms with Gasteiger partial charge in [0.15, 0.2) is 0 Å². The number of rotatable bonds is 5. The van der Waals surface area contributed by atoms with E-state index in [1.807, 2.05) is 11.8 Å². The van der Waals surface area contributed by atoms with Crippen LogP contribution < -0.4 is 5.73 Å². The highest BCUT2D eigenvalue weighted by Crippen LogP contribution is 2.20. The number of nitrogens with two attached hydrogens (primary N) is 1. The largest absolute Gasteiger partial charge is 0.327 e. The molecule has 1 rings (SSSR count). The molecular formula is C13H21NS. The maximum atomic E-state index is 6.04. The minimum Gasteiger partial charge on any atom is -0.327 e. The molecule has 2 N–H and O–H groups in total. The Kier molecular flexibility index (Phi) is 5.20. The van der Waals surface area contributed by atoms with Crippen molar-refractivity contribution in [3.8, 4) is 0 Å². The van der Waals surface area contributed by atoms with E-state index in [0.29, 0.717) is 12.0 Å². The predicted octanol–water partition coefficient (Wildman–Crippen LogP) is 3.46. The Labute approximate surface area is 97.4 Å². The standard InChI is InChI=1S/C13H21NS/c1-10(2)7-12(14)9-15-13-6-4-5-11(3)8-13/h4-6,8,10,12H,7,9,14H2,1-3H3. The van der Waals surface area contributed by atoms with Gasteiger partial charge in [0.25, 0.3) is 0 Å². The third kappa shape index (κ3) is 5.24. The molecule has 0 radical (unpaired) electrons. The molecule has 0 fully saturated rings. The summed E-state index contributed by atoms with van der Waals surface area (Å²) in [4.78, 5) is 1.33. The smallest absolute Gasteiger partial charge is 0.0136 e. The van der Waals surface area contributed by atoms with E-state index >= 15 is 0 Å². The Bertz CT molecular complexity index is 296. The second-order valence-corrected chi connectivity index (χ2v) is 5.61. The molecule has 0 aromatic heterocycles. The van der Waals surface area contributed by atoms with Crippen molar-refractivity contribution < 1.29 is 0 Å². The first-order chi connectivity index (χ1) is 7.08. The predicted molar refractivity (Wildman–Crippen MR) is 69.3 cm³/mol. The number of hydrogen-bond acceptors (Lipinski definition) is 2. The Morgan fingerprint density at radius 3 is 2.67 bits per heavy atom. The summed E-state index contributed by atoms with van der Waals surface area (Å²) < 4.78 is 0. The zero-order chi connectivity index (χ0) is 11.3. The molecule has 1 unspecified atom stereocenters. The maximum absolute atomic E-state index is 6.04. The summed E-state index contributed by atoms with van der Waals surface area (Å²) in [5, 5.41) is 0. The van der Waals surface area contributed by atoms with Crippen molar-refractivity contribution in [2.75, 3.05) is 5.75 Å². The van der Waals surface area contributed by atoms with Crippen LogP contribution in [0.4, 0.5) is 0 Å². The molecule has 84 valence electrons. The first kappa shape index (κ1) is 12.6. The van der Waals surface area contributed by atoms with Crippen molar-refractivity contribution in [1.29, 1.82) is 0 Å². The lowest BCUT2D eigenvalue weighted by Gasteiger charge is -2.13. The van der Waals surface area contributed by atoms with E-state index in [2.05, 4.69) is 45.0 Å². The van der Waals surface area contributed by atoms with Crippen LogP contribution in [0.2, 0.25) is 0 Å². The molecule has 0 aliphatic carbocycles. The molecule has 1 atom stereocenters. The summed E-state index contributed by atoms with van der Waals surface area (Å²) in [5.74, 6) is 1.71. The van der Waals surface area contributed by atoms with Crippen LogP contribution in [0.3, 0.4) is 0 Å². The van der Waals surface area contributed by atoms with Crippen LogP contribution in [-0.2, 0) is 0 Å². The molecular weight excluding hydrogens is 202 g/mol. The van der Waals surface area contributed by atoms with E-state index in [1.165, 1.54) is 10.5 Å². The van der Waals surface area contributed by atoms with Gasteiger partial charge in [0.05, 0.1) is 0 Å². The maximum Gasteiger partial charge on any atom is 0.0136 e. The zero-order valence-corrected chi connectivity index (χ0v) is 10.7.